The van der Waals surface area contributed by atoms with Crippen LogP contribution in [0.4, 0.5) is 5.69 Å². The van der Waals surface area contributed by atoms with E-state index in [-0.39, 0.29) is 16.3 Å². The molecule has 0 radical (unpaired) electrons. The van der Waals surface area contributed by atoms with Crippen molar-refractivity contribution in [1.82, 2.24) is 0 Å². The fourth-order valence-corrected chi connectivity index (χ4v) is 2.67. The maximum Gasteiger partial charge on any atom is 0.250 e. The lowest BCUT2D eigenvalue weighted by Crippen LogP contribution is -2.43. The molecule has 0 fully saturated rings. The highest BCUT2D eigenvalue weighted by Crippen LogP contribution is 2.38. The summed E-state index contributed by atoms with van der Waals surface area (Å²) < 4.78 is 6.17. The van der Waals surface area contributed by atoms with E-state index in [1.165, 1.54) is 0 Å². The highest BCUT2D eigenvalue weighted by molar-refractivity contribution is 9.09. The first-order valence-electron chi connectivity index (χ1n) is 6.41. The second-order valence-electron chi connectivity index (χ2n) is 6.19. The number of hydrogen-bond donors (Lipinski definition) is 1. The van der Waals surface area contributed by atoms with Gasteiger partial charge < -0.3 is 9.74 Å². The molecular weight excluding hydrogens is 358 g/mol. The molecule has 0 aliphatic heterocycles. The maximum absolute atomic E-state index is 11.3. The molecule has 0 unspecified atom stereocenters. The van der Waals surface area contributed by atoms with Crippen LogP contribution in [0.3, 0.4) is 0 Å². The molecule has 1 amide bonds. The molecule has 0 bridgehead atoms. The van der Waals surface area contributed by atoms with Crippen LogP contribution >= 0.6 is 27.5 Å². The van der Waals surface area contributed by atoms with Crippen molar-refractivity contribution in [3.63, 3.8) is 0 Å². The molecule has 3 nitrogen and oxygen atoms in total. The van der Waals surface area contributed by atoms with Gasteiger partial charge in [-0.05, 0) is 36.3 Å². The van der Waals surface area contributed by atoms with Gasteiger partial charge in [-0.1, -0.05) is 48.3 Å². The molecule has 1 aromatic carbocycles. The third-order valence-electron chi connectivity index (χ3n) is 3.52. The van der Waals surface area contributed by atoms with Gasteiger partial charge in [-0.15, -0.1) is 0 Å². The van der Waals surface area contributed by atoms with Gasteiger partial charge in [0, 0.05) is 0 Å². The largest absolute Gasteiger partial charge is 0.543 e. The molecule has 0 heterocycles. The van der Waals surface area contributed by atoms with Gasteiger partial charge in [-0.3, -0.25) is 4.79 Å². The quantitative estimate of drug-likeness (QED) is 0.587. The number of hydrogen-bond acceptors (Lipinski definition) is 2. The van der Waals surface area contributed by atoms with Crippen molar-refractivity contribution in [2.45, 2.75) is 38.9 Å². The maximum atomic E-state index is 11.3. The van der Waals surface area contributed by atoms with Crippen molar-refractivity contribution in [3.05, 3.63) is 23.2 Å². The monoisotopic (exact) mass is 377 g/mol. The Morgan fingerprint density at radius 3 is 2.45 bits per heavy atom. The van der Waals surface area contributed by atoms with E-state index in [1.54, 1.807) is 12.1 Å². The summed E-state index contributed by atoms with van der Waals surface area (Å²) in [5.41, 5.74) is 0.596. The van der Waals surface area contributed by atoms with Gasteiger partial charge in [-0.2, -0.15) is 0 Å². The van der Waals surface area contributed by atoms with E-state index in [0.29, 0.717) is 10.7 Å². The fourth-order valence-electron chi connectivity index (χ4n) is 1.29. The molecule has 0 saturated heterocycles. The molecule has 0 aromatic heterocycles. The van der Waals surface area contributed by atoms with Gasteiger partial charge in [0.15, 0.2) is 0 Å². The molecule has 1 rings (SSSR count). The zero-order chi connectivity index (χ0) is 15.6. The predicted molar refractivity (Wildman–Crippen MR) is 91.7 cm³/mol. The first-order valence-corrected chi connectivity index (χ1v) is 10.8. The summed E-state index contributed by atoms with van der Waals surface area (Å²) in [7, 11) is -1.88. The zero-order valence-electron chi connectivity index (χ0n) is 12.5. The van der Waals surface area contributed by atoms with Crippen LogP contribution in [0.2, 0.25) is 23.2 Å². The van der Waals surface area contributed by atoms with Gasteiger partial charge in [0.25, 0.3) is 0 Å². The normalized spacial score (nSPS) is 12.2. The van der Waals surface area contributed by atoms with Gasteiger partial charge in [0.1, 0.15) is 5.75 Å². The van der Waals surface area contributed by atoms with Crippen LogP contribution in [-0.2, 0) is 4.79 Å². The van der Waals surface area contributed by atoms with Gasteiger partial charge in [0.05, 0.1) is 16.0 Å². The van der Waals surface area contributed by atoms with Crippen LogP contribution in [0, 0.1) is 0 Å². The van der Waals surface area contributed by atoms with Crippen LogP contribution in [0.1, 0.15) is 20.8 Å². The zero-order valence-corrected chi connectivity index (χ0v) is 15.9. The Morgan fingerprint density at radius 1 is 1.40 bits per heavy atom. The van der Waals surface area contributed by atoms with Crippen molar-refractivity contribution >= 4 is 47.4 Å². The Hall–Kier alpha value is -0.523. The number of carbonyl (C=O) groups is 1. The van der Waals surface area contributed by atoms with Crippen LogP contribution in [-0.4, -0.2) is 19.6 Å². The first kappa shape index (κ1) is 17.5. The van der Waals surface area contributed by atoms with Crippen LogP contribution < -0.4 is 9.74 Å². The van der Waals surface area contributed by atoms with Crippen LogP contribution in [0.15, 0.2) is 18.2 Å². The Balaban J connectivity index is 2.91. The molecule has 0 saturated carbocycles. The molecule has 0 aliphatic rings. The third-order valence-corrected chi connectivity index (χ3v) is 8.70. The van der Waals surface area contributed by atoms with Crippen LogP contribution in [0.25, 0.3) is 0 Å². The Labute approximate surface area is 135 Å². The minimum absolute atomic E-state index is 0.127. The molecule has 20 heavy (non-hydrogen) atoms. The van der Waals surface area contributed by atoms with Crippen LogP contribution in [0.5, 0.6) is 5.75 Å². The summed E-state index contributed by atoms with van der Waals surface area (Å²) in [5.74, 6) is 0.614. The molecule has 1 N–H and O–H groups in total. The number of halogens is 2. The highest BCUT2D eigenvalue weighted by atomic mass is 79.9. The number of amides is 1. The molecular formula is C14H21BrClNO2Si. The molecule has 112 valence electrons. The topological polar surface area (TPSA) is 38.3 Å². The minimum atomic E-state index is -1.88. The van der Waals surface area contributed by atoms with Gasteiger partial charge in [0.2, 0.25) is 14.2 Å². The number of alkyl halides is 1. The molecule has 0 atom stereocenters. The fraction of sp³-hybridized carbons (Fsp3) is 0.500. The smallest absolute Gasteiger partial charge is 0.250 e. The lowest BCUT2D eigenvalue weighted by molar-refractivity contribution is -0.113. The molecule has 6 heteroatoms. The summed E-state index contributed by atoms with van der Waals surface area (Å²) in [5, 5.41) is 3.57. The summed E-state index contributed by atoms with van der Waals surface area (Å²) in [6.45, 7) is 10.9. The number of carbonyl (C=O) groups excluding carboxylic acids is 1. The first-order chi connectivity index (χ1) is 9.06. The van der Waals surface area contributed by atoms with Gasteiger partial charge >= 0.3 is 0 Å². The minimum Gasteiger partial charge on any atom is -0.543 e. The standard InChI is InChI=1S/C14H21BrClNO2Si/c1-14(2,3)20(4,5)19-10-6-7-12(11(16)8-10)17-13(18)9-15/h6-8H,9H2,1-5H3,(H,17,18). The summed E-state index contributed by atoms with van der Waals surface area (Å²) >= 11 is 9.28. The number of rotatable bonds is 4. The predicted octanol–water partition coefficient (Wildman–Crippen LogP) is 5.06. The van der Waals surface area contributed by atoms with E-state index in [4.69, 9.17) is 16.0 Å². The second kappa shape index (κ2) is 6.50. The molecule has 0 spiro atoms. The second-order valence-corrected chi connectivity index (χ2v) is 11.9. The van der Waals surface area contributed by atoms with Crippen molar-refractivity contribution in [1.29, 1.82) is 0 Å². The SMILES string of the molecule is CC(C)(C)[Si](C)(C)Oc1ccc(NC(=O)CBr)c(Cl)c1. The number of anilines is 1. The summed E-state index contributed by atoms with van der Waals surface area (Å²) in [4.78, 5) is 11.3. The van der Waals surface area contributed by atoms with E-state index in [0.717, 1.165) is 5.75 Å². The van der Waals surface area contributed by atoms with Gasteiger partial charge in [-0.25, -0.2) is 0 Å². The van der Waals surface area contributed by atoms with E-state index in [2.05, 4.69) is 55.1 Å². The van der Waals surface area contributed by atoms with Crippen molar-refractivity contribution in [2.24, 2.45) is 0 Å². The van der Waals surface area contributed by atoms with Crippen molar-refractivity contribution < 1.29 is 9.22 Å². The van der Waals surface area contributed by atoms with E-state index >= 15 is 0 Å². The van der Waals surface area contributed by atoms with E-state index in [1.807, 2.05) is 6.07 Å². The van der Waals surface area contributed by atoms with Crippen molar-refractivity contribution in [3.8, 4) is 5.75 Å². The summed E-state index contributed by atoms with van der Waals surface area (Å²) in [6, 6.07) is 5.37. The Bertz CT molecular complexity index is 500. The highest BCUT2D eigenvalue weighted by Gasteiger charge is 2.39. The lowest BCUT2D eigenvalue weighted by atomic mass is 10.2. The Kier molecular flexibility index (Phi) is 5.69. The summed E-state index contributed by atoms with van der Waals surface area (Å²) in [6.07, 6.45) is 0. The number of nitrogens with one attached hydrogen (secondary N) is 1. The molecule has 0 aliphatic carbocycles. The van der Waals surface area contributed by atoms with E-state index in [9.17, 15) is 4.79 Å². The Morgan fingerprint density at radius 2 is 2.00 bits per heavy atom. The third kappa shape index (κ3) is 4.50. The molecule has 1 aromatic rings. The van der Waals surface area contributed by atoms with E-state index < -0.39 is 8.32 Å². The lowest BCUT2D eigenvalue weighted by Gasteiger charge is -2.36. The van der Waals surface area contributed by atoms with Crippen molar-refractivity contribution in [2.75, 3.05) is 10.6 Å². The average molecular weight is 379 g/mol. The average Bonchev–Trinajstić information content (AvgIpc) is 2.30. The number of benzene rings is 1.